The quantitative estimate of drug-likeness (QED) is 0.409. The molecule has 1 aliphatic heterocycles. The van der Waals surface area contributed by atoms with Crippen molar-refractivity contribution >= 4 is 23.0 Å². The van der Waals surface area contributed by atoms with Crippen molar-refractivity contribution in [2.75, 3.05) is 29.9 Å². The lowest BCUT2D eigenvalue weighted by atomic mass is 9.73. The van der Waals surface area contributed by atoms with E-state index in [4.69, 9.17) is 4.98 Å². The molecule has 8 nitrogen and oxygen atoms in total. The number of pyridine rings is 1. The SMILES string of the molecule is CCCCn1cc(Nc2nc3c(N4CCC(CO)(c5ccc(C)cc5)CC4)cccn3n2)cn1. The fourth-order valence-corrected chi connectivity index (χ4v) is 4.81. The molecule has 0 amide bonds. The Morgan fingerprint density at radius 2 is 1.91 bits per heavy atom. The van der Waals surface area contributed by atoms with E-state index in [9.17, 15) is 5.11 Å². The van der Waals surface area contributed by atoms with Crippen molar-refractivity contribution in [3.63, 3.8) is 0 Å². The zero-order valence-electron chi connectivity index (χ0n) is 20.0. The summed E-state index contributed by atoms with van der Waals surface area (Å²) in [5.74, 6) is 0.559. The molecule has 0 saturated carbocycles. The molecule has 8 heteroatoms. The van der Waals surface area contributed by atoms with Crippen molar-refractivity contribution in [1.29, 1.82) is 0 Å². The lowest BCUT2D eigenvalue weighted by Crippen LogP contribution is -2.45. The highest BCUT2D eigenvalue weighted by molar-refractivity contribution is 5.71. The molecule has 1 saturated heterocycles. The average molecular weight is 460 g/mol. The summed E-state index contributed by atoms with van der Waals surface area (Å²) in [6.45, 7) is 7.06. The van der Waals surface area contributed by atoms with Gasteiger partial charge in [-0.3, -0.25) is 4.68 Å². The minimum absolute atomic E-state index is 0.166. The van der Waals surface area contributed by atoms with Gasteiger partial charge in [-0.2, -0.15) is 10.1 Å². The van der Waals surface area contributed by atoms with E-state index in [2.05, 4.69) is 64.6 Å². The van der Waals surface area contributed by atoms with Crippen LogP contribution in [0.1, 0.15) is 43.7 Å². The van der Waals surface area contributed by atoms with E-state index >= 15 is 0 Å². The van der Waals surface area contributed by atoms with Crippen LogP contribution in [0.25, 0.3) is 5.65 Å². The number of nitrogens with zero attached hydrogens (tertiary/aromatic N) is 6. The predicted octanol–water partition coefficient (Wildman–Crippen LogP) is 4.31. The summed E-state index contributed by atoms with van der Waals surface area (Å²) < 4.78 is 3.77. The van der Waals surface area contributed by atoms with Gasteiger partial charge in [-0.15, -0.1) is 5.10 Å². The topological polar surface area (TPSA) is 83.5 Å². The van der Waals surface area contributed by atoms with Gasteiger partial charge in [0.15, 0.2) is 5.65 Å². The number of fused-ring (bicyclic) bond motifs is 1. The third-order valence-corrected chi connectivity index (χ3v) is 7.00. The summed E-state index contributed by atoms with van der Waals surface area (Å²) in [5.41, 5.74) is 5.07. The van der Waals surface area contributed by atoms with Crippen LogP contribution in [-0.2, 0) is 12.0 Å². The molecular formula is C26H33N7O. The highest BCUT2D eigenvalue weighted by atomic mass is 16.3. The van der Waals surface area contributed by atoms with E-state index in [0.29, 0.717) is 5.95 Å². The van der Waals surface area contributed by atoms with Crippen LogP contribution in [0.2, 0.25) is 0 Å². The number of aliphatic hydroxyl groups excluding tert-OH is 1. The second kappa shape index (κ2) is 9.46. The molecule has 1 fully saturated rings. The smallest absolute Gasteiger partial charge is 0.247 e. The highest BCUT2D eigenvalue weighted by Crippen LogP contribution is 2.37. The number of rotatable bonds is 8. The number of aryl methyl sites for hydroxylation is 2. The second-order valence-electron chi connectivity index (χ2n) is 9.36. The van der Waals surface area contributed by atoms with Crippen LogP contribution in [-0.4, -0.2) is 49.2 Å². The zero-order valence-corrected chi connectivity index (χ0v) is 20.0. The molecule has 2 N–H and O–H groups in total. The Morgan fingerprint density at radius 1 is 1.12 bits per heavy atom. The summed E-state index contributed by atoms with van der Waals surface area (Å²) in [4.78, 5) is 7.15. The van der Waals surface area contributed by atoms with Crippen LogP contribution < -0.4 is 10.2 Å². The first-order chi connectivity index (χ1) is 16.6. The van der Waals surface area contributed by atoms with Gasteiger partial charge in [0.25, 0.3) is 0 Å². The number of piperidine rings is 1. The Kier molecular flexibility index (Phi) is 6.24. The summed E-state index contributed by atoms with van der Waals surface area (Å²) in [6.07, 6.45) is 9.76. The number of nitrogens with one attached hydrogen (secondary N) is 1. The fraction of sp³-hybridized carbons (Fsp3) is 0.423. The van der Waals surface area contributed by atoms with Gasteiger partial charge in [-0.05, 0) is 43.9 Å². The third kappa shape index (κ3) is 4.37. The number of hydrogen-bond acceptors (Lipinski definition) is 6. The highest BCUT2D eigenvalue weighted by Gasteiger charge is 2.36. The van der Waals surface area contributed by atoms with Gasteiger partial charge in [-0.1, -0.05) is 43.2 Å². The van der Waals surface area contributed by atoms with Crippen LogP contribution in [0.5, 0.6) is 0 Å². The molecule has 0 atom stereocenters. The summed E-state index contributed by atoms with van der Waals surface area (Å²) in [6, 6.07) is 12.7. The molecule has 4 aromatic rings. The monoisotopic (exact) mass is 459 g/mol. The van der Waals surface area contributed by atoms with Crippen molar-refractivity contribution in [2.24, 2.45) is 0 Å². The number of hydrogen-bond donors (Lipinski definition) is 2. The van der Waals surface area contributed by atoms with E-state index in [1.54, 1.807) is 0 Å². The Labute approximate surface area is 200 Å². The van der Waals surface area contributed by atoms with Crippen molar-refractivity contribution in [2.45, 2.75) is 51.5 Å². The van der Waals surface area contributed by atoms with Gasteiger partial charge in [0.05, 0.1) is 24.2 Å². The van der Waals surface area contributed by atoms with E-state index in [1.807, 2.05) is 33.9 Å². The lowest BCUT2D eigenvalue weighted by Gasteiger charge is -2.42. The summed E-state index contributed by atoms with van der Waals surface area (Å²) >= 11 is 0. The largest absolute Gasteiger partial charge is 0.395 e. The number of aromatic nitrogens is 5. The molecule has 0 bridgehead atoms. The first-order valence-corrected chi connectivity index (χ1v) is 12.2. The maximum atomic E-state index is 10.3. The van der Waals surface area contributed by atoms with E-state index < -0.39 is 0 Å². The van der Waals surface area contributed by atoms with Crippen molar-refractivity contribution < 1.29 is 5.11 Å². The molecule has 4 heterocycles. The molecule has 34 heavy (non-hydrogen) atoms. The number of aliphatic hydroxyl groups is 1. The van der Waals surface area contributed by atoms with Gasteiger partial charge in [0.1, 0.15) is 0 Å². The van der Waals surface area contributed by atoms with Crippen LogP contribution >= 0.6 is 0 Å². The standard InChI is InChI=1S/C26H33N7O/c1-3-4-13-32-18-22(17-27-32)28-25-29-24-23(6-5-14-33(24)30-25)31-15-11-26(19-34,12-16-31)21-9-7-20(2)8-10-21/h5-10,14,17-18,34H,3-4,11-13,15-16,19H2,1-2H3,(H,28,30). The van der Waals surface area contributed by atoms with Crippen LogP contribution in [0.15, 0.2) is 55.0 Å². The lowest BCUT2D eigenvalue weighted by molar-refractivity contribution is 0.165. The summed E-state index contributed by atoms with van der Waals surface area (Å²) in [5, 5.41) is 22.7. The fourth-order valence-electron chi connectivity index (χ4n) is 4.81. The number of anilines is 3. The number of unbranched alkanes of at least 4 members (excludes halogenated alkanes) is 1. The Morgan fingerprint density at radius 3 is 2.65 bits per heavy atom. The molecule has 0 spiro atoms. The average Bonchev–Trinajstić information content (AvgIpc) is 3.49. The Hall–Kier alpha value is -3.39. The first kappa shape index (κ1) is 22.4. The van der Waals surface area contributed by atoms with Crippen molar-refractivity contribution in [3.8, 4) is 0 Å². The van der Waals surface area contributed by atoms with Crippen molar-refractivity contribution in [1.82, 2.24) is 24.4 Å². The molecule has 1 aliphatic rings. The van der Waals surface area contributed by atoms with Gasteiger partial charge < -0.3 is 15.3 Å². The minimum atomic E-state index is -0.187. The molecule has 5 rings (SSSR count). The van der Waals surface area contributed by atoms with E-state index in [-0.39, 0.29) is 12.0 Å². The molecule has 0 radical (unpaired) electrons. The van der Waals surface area contributed by atoms with Gasteiger partial charge in [0.2, 0.25) is 5.95 Å². The van der Waals surface area contributed by atoms with Gasteiger partial charge >= 0.3 is 0 Å². The van der Waals surface area contributed by atoms with E-state index in [1.165, 1.54) is 11.1 Å². The van der Waals surface area contributed by atoms with Gasteiger partial charge in [-0.25, -0.2) is 4.52 Å². The Balaban J connectivity index is 1.33. The maximum absolute atomic E-state index is 10.3. The predicted molar refractivity (Wildman–Crippen MR) is 135 cm³/mol. The van der Waals surface area contributed by atoms with Crippen LogP contribution in [0.3, 0.4) is 0 Å². The maximum Gasteiger partial charge on any atom is 0.247 e. The molecule has 0 unspecified atom stereocenters. The second-order valence-corrected chi connectivity index (χ2v) is 9.36. The molecule has 1 aromatic carbocycles. The normalized spacial score (nSPS) is 15.7. The minimum Gasteiger partial charge on any atom is -0.395 e. The van der Waals surface area contributed by atoms with Crippen LogP contribution in [0, 0.1) is 6.92 Å². The van der Waals surface area contributed by atoms with Gasteiger partial charge in [0, 0.05) is 37.4 Å². The number of benzene rings is 1. The molecular weight excluding hydrogens is 426 g/mol. The van der Waals surface area contributed by atoms with Crippen LogP contribution in [0.4, 0.5) is 17.3 Å². The summed E-state index contributed by atoms with van der Waals surface area (Å²) in [7, 11) is 0. The molecule has 178 valence electrons. The zero-order chi connectivity index (χ0) is 23.5. The Bertz CT molecular complexity index is 1240. The van der Waals surface area contributed by atoms with E-state index in [0.717, 1.165) is 62.3 Å². The molecule has 3 aromatic heterocycles. The third-order valence-electron chi connectivity index (χ3n) is 7.00. The first-order valence-electron chi connectivity index (χ1n) is 12.2. The molecule has 0 aliphatic carbocycles. The van der Waals surface area contributed by atoms with Crippen molar-refractivity contribution in [3.05, 3.63) is 66.1 Å².